The highest BCUT2D eigenvalue weighted by Crippen LogP contribution is 2.37. The fourth-order valence-corrected chi connectivity index (χ4v) is 3.30. The molecule has 6 heteroatoms. The zero-order valence-corrected chi connectivity index (χ0v) is 12.8. The average Bonchev–Trinajstić information content (AvgIpc) is 2.70. The zero-order chi connectivity index (χ0) is 15.4. The molecular weight excluding hydrogens is 272 g/mol. The molecular formula is C15H24N2O4. The van der Waals surface area contributed by atoms with Crippen LogP contribution in [0.3, 0.4) is 0 Å². The Kier molecular flexibility index (Phi) is 5.33. The first-order valence-electron chi connectivity index (χ1n) is 7.68. The van der Waals surface area contributed by atoms with E-state index in [-0.39, 0.29) is 48.6 Å². The van der Waals surface area contributed by atoms with Crippen LogP contribution in [-0.4, -0.2) is 48.9 Å². The molecule has 6 nitrogen and oxygen atoms in total. The number of imide groups is 1. The Hall–Kier alpha value is -1.43. The molecule has 1 N–H and O–H groups in total. The Morgan fingerprint density at radius 1 is 1.29 bits per heavy atom. The zero-order valence-electron chi connectivity index (χ0n) is 12.8. The number of carbonyl (C=O) groups excluding carboxylic acids is 3. The molecule has 2 fully saturated rings. The minimum absolute atomic E-state index is 0.0740. The second kappa shape index (κ2) is 7.02. The predicted molar refractivity (Wildman–Crippen MR) is 76.3 cm³/mol. The lowest BCUT2D eigenvalue weighted by molar-refractivity contribution is -0.140. The number of fused-ring (bicyclic) bond motifs is 1. The van der Waals surface area contributed by atoms with E-state index in [9.17, 15) is 14.4 Å². The SMILES string of the molecule is COC[C@H](C)NC(=O)CCN1C(=O)[C@H]2CCCC[C@H]2C1=O. The summed E-state index contributed by atoms with van der Waals surface area (Å²) in [5.41, 5.74) is 0. The van der Waals surface area contributed by atoms with Crippen molar-refractivity contribution in [2.75, 3.05) is 20.3 Å². The largest absolute Gasteiger partial charge is 0.383 e. The van der Waals surface area contributed by atoms with Gasteiger partial charge in [0.15, 0.2) is 0 Å². The van der Waals surface area contributed by atoms with Crippen molar-refractivity contribution in [1.29, 1.82) is 0 Å². The summed E-state index contributed by atoms with van der Waals surface area (Å²) in [5, 5.41) is 2.78. The lowest BCUT2D eigenvalue weighted by Crippen LogP contribution is -2.39. The van der Waals surface area contributed by atoms with Gasteiger partial charge in [0.2, 0.25) is 17.7 Å². The van der Waals surface area contributed by atoms with Crippen LogP contribution in [0.5, 0.6) is 0 Å². The minimum atomic E-state index is -0.157. The topological polar surface area (TPSA) is 75.7 Å². The van der Waals surface area contributed by atoms with Gasteiger partial charge in [-0.05, 0) is 19.8 Å². The quantitative estimate of drug-likeness (QED) is 0.732. The van der Waals surface area contributed by atoms with Crippen molar-refractivity contribution in [3.8, 4) is 0 Å². The third kappa shape index (κ3) is 3.61. The van der Waals surface area contributed by atoms with Crippen LogP contribution < -0.4 is 5.32 Å². The number of rotatable bonds is 6. The number of nitrogens with zero attached hydrogens (tertiary/aromatic N) is 1. The van der Waals surface area contributed by atoms with Crippen molar-refractivity contribution in [1.82, 2.24) is 10.2 Å². The van der Waals surface area contributed by atoms with E-state index in [1.807, 2.05) is 6.92 Å². The van der Waals surface area contributed by atoms with Crippen molar-refractivity contribution in [3.05, 3.63) is 0 Å². The normalized spacial score (nSPS) is 26.7. The summed E-state index contributed by atoms with van der Waals surface area (Å²) >= 11 is 0. The number of nitrogens with one attached hydrogen (secondary N) is 1. The number of hydrogen-bond acceptors (Lipinski definition) is 4. The summed E-state index contributed by atoms with van der Waals surface area (Å²) in [7, 11) is 1.58. The molecule has 1 saturated heterocycles. The van der Waals surface area contributed by atoms with Crippen molar-refractivity contribution in [3.63, 3.8) is 0 Å². The van der Waals surface area contributed by atoms with Gasteiger partial charge in [-0.3, -0.25) is 19.3 Å². The highest BCUT2D eigenvalue weighted by molar-refractivity contribution is 6.05. The first-order valence-corrected chi connectivity index (χ1v) is 7.68. The van der Waals surface area contributed by atoms with E-state index in [1.165, 1.54) is 4.90 Å². The fourth-order valence-electron chi connectivity index (χ4n) is 3.30. The van der Waals surface area contributed by atoms with E-state index in [0.29, 0.717) is 6.61 Å². The highest BCUT2D eigenvalue weighted by Gasteiger charge is 2.47. The van der Waals surface area contributed by atoms with Gasteiger partial charge in [-0.1, -0.05) is 12.8 Å². The van der Waals surface area contributed by atoms with Crippen molar-refractivity contribution >= 4 is 17.7 Å². The van der Waals surface area contributed by atoms with Crippen LogP contribution in [0.25, 0.3) is 0 Å². The molecule has 2 aliphatic rings. The molecule has 3 atom stereocenters. The van der Waals surface area contributed by atoms with Crippen LogP contribution in [-0.2, 0) is 19.1 Å². The Labute approximate surface area is 125 Å². The molecule has 21 heavy (non-hydrogen) atoms. The van der Waals surface area contributed by atoms with E-state index < -0.39 is 0 Å². The molecule has 0 aromatic carbocycles. The van der Waals surface area contributed by atoms with Crippen LogP contribution in [0.4, 0.5) is 0 Å². The number of ether oxygens (including phenoxy) is 1. The third-order valence-electron chi connectivity index (χ3n) is 4.32. The van der Waals surface area contributed by atoms with Gasteiger partial charge in [-0.15, -0.1) is 0 Å². The van der Waals surface area contributed by atoms with Crippen LogP contribution >= 0.6 is 0 Å². The van der Waals surface area contributed by atoms with E-state index >= 15 is 0 Å². The first kappa shape index (κ1) is 15.9. The molecule has 1 aliphatic carbocycles. The molecule has 3 amide bonds. The number of hydrogen-bond donors (Lipinski definition) is 1. The number of methoxy groups -OCH3 is 1. The van der Waals surface area contributed by atoms with E-state index in [1.54, 1.807) is 7.11 Å². The third-order valence-corrected chi connectivity index (χ3v) is 4.32. The second-order valence-corrected chi connectivity index (χ2v) is 6.00. The molecule has 2 rings (SSSR count). The van der Waals surface area contributed by atoms with Gasteiger partial charge in [0.1, 0.15) is 0 Å². The molecule has 0 aromatic rings. The van der Waals surface area contributed by atoms with Gasteiger partial charge in [0, 0.05) is 26.1 Å². The van der Waals surface area contributed by atoms with Crippen LogP contribution in [0, 0.1) is 11.8 Å². The predicted octanol–water partition coefficient (Wildman–Crippen LogP) is 0.703. The number of amides is 3. The van der Waals surface area contributed by atoms with Crippen LogP contribution in [0.1, 0.15) is 39.0 Å². The molecule has 1 aliphatic heterocycles. The lowest BCUT2D eigenvalue weighted by atomic mass is 9.81. The summed E-state index contributed by atoms with van der Waals surface area (Å²) in [4.78, 5) is 37.6. The van der Waals surface area contributed by atoms with Crippen LogP contribution in [0.15, 0.2) is 0 Å². The van der Waals surface area contributed by atoms with Gasteiger partial charge in [-0.25, -0.2) is 0 Å². The summed E-state index contributed by atoms with van der Waals surface area (Å²) in [6, 6.07) is -0.0740. The molecule has 0 unspecified atom stereocenters. The van der Waals surface area contributed by atoms with Gasteiger partial charge < -0.3 is 10.1 Å². The Morgan fingerprint density at radius 2 is 1.86 bits per heavy atom. The summed E-state index contributed by atoms with van der Waals surface area (Å²) in [5.74, 6) is -0.594. The van der Waals surface area contributed by atoms with E-state index in [2.05, 4.69) is 5.32 Å². The van der Waals surface area contributed by atoms with E-state index in [0.717, 1.165) is 25.7 Å². The van der Waals surface area contributed by atoms with Gasteiger partial charge in [0.05, 0.1) is 18.4 Å². The molecule has 1 heterocycles. The van der Waals surface area contributed by atoms with Crippen molar-refractivity contribution in [2.45, 2.75) is 45.1 Å². The monoisotopic (exact) mass is 296 g/mol. The number of likely N-dealkylation sites (tertiary alicyclic amines) is 1. The Morgan fingerprint density at radius 3 is 2.38 bits per heavy atom. The average molecular weight is 296 g/mol. The Bertz CT molecular complexity index is 400. The maximum Gasteiger partial charge on any atom is 0.233 e. The van der Waals surface area contributed by atoms with E-state index in [4.69, 9.17) is 4.74 Å². The molecule has 0 aromatic heterocycles. The molecule has 0 spiro atoms. The standard InChI is InChI=1S/C15H24N2O4/c1-10(9-21-2)16-13(18)7-8-17-14(19)11-5-3-4-6-12(11)15(17)20/h10-12H,3-9H2,1-2H3,(H,16,18)/t10-,11-,12+/m0/s1. The lowest BCUT2D eigenvalue weighted by Gasteiger charge is -2.19. The highest BCUT2D eigenvalue weighted by atomic mass is 16.5. The van der Waals surface area contributed by atoms with Crippen molar-refractivity contribution in [2.24, 2.45) is 11.8 Å². The summed E-state index contributed by atoms with van der Waals surface area (Å²) < 4.78 is 4.95. The van der Waals surface area contributed by atoms with Crippen LogP contribution in [0.2, 0.25) is 0 Å². The Balaban J connectivity index is 1.84. The smallest absolute Gasteiger partial charge is 0.233 e. The summed E-state index contributed by atoms with van der Waals surface area (Å²) in [6.07, 6.45) is 3.81. The van der Waals surface area contributed by atoms with Crippen molar-refractivity contribution < 1.29 is 19.1 Å². The van der Waals surface area contributed by atoms with Gasteiger partial charge in [0.25, 0.3) is 0 Å². The van der Waals surface area contributed by atoms with Gasteiger partial charge in [-0.2, -0.15) is 0 Å². The fraction of sp³-hybridized carbons (Fsp3) is 0.800. The molecule has 0 bridgehead atoms. The van der Waals surface area contributed by atoms with Gasteiger partial charge >= 0.3 is 0 Å². The molecule has 118 valence electrons. The molecule has 0 radical (unpaired) electrons. The maximum absolute atomic E-state index is 12.2. The summed E-state index contributed by atoms with van der Waals surface area (Å²) in [6.45, 7) is 2.48. The maximum atomic E-state index is 12.2. The number of carbonyl (C=O) groups is 3. The molecule has 1 saturated carbocycles. The minimum Gasteiger partial charge on any atom is -0.383 e. The first-order chi connectivity index (χ1) is 10.0. The second-order valence-electron chi connectivity index (χ2n) is 6.00.